The molecule has 0 atom stereocenters. The molecule has 1 aliphatic heterocycles. The van der Waals surface area contributed by atoms with Crippen molar-refractivity contribution in [1.82, 2.24) is 20.4 Å². The van der Waals surface area contributed by atoms with Gasteiger partial charge in [0.25, 0.3) is 0 Å². The molecule has 3 heterocycles. The molecule has 8 heteroatoms. The van der Waals surface area contributed by atoms with E-state index in [0.717, 1.165) is 61.7 Å². The zero-order valence-corrected chi connectivity index (χ0v) is 21.8. The average molecular weight is 497 g/mol. The number of carbonyl (C=O) groups is 1. The van der Waals surface area contributed by atoms with Crippen molar-refractivity contribution in [1.29, 1.82) is 0 Å². The molecule has 1 fully saturated rings. The number of aromatic nitrogens is 2. The molecule has 0 aliphatic carbocycles. The third-order valence-electron chi connectivity index (χ3n) is 6.38. The molecule has 0 unspecified atom stereocenters. The van der Waals surface area contributed by atoms with E-state index in [1.807, 2.05) is 23.9 Å². The maximum atomic E-state index is 12.5. The topological polar surface area (TPSA) is 84.4 Å². The lowest BCUT2D eigenvalue weighted by Gasteiger charge is -2.30. The number of rotatable bonds is 10. The van der Waals surface area contributed by atoms with Gasteiger partial charge in [-0.05, 0) is 61.2 Å². The number of nitrogens with zero attached hydrogens (tertiary/aromatic N) is 3. The number of carbonyl (C=O) groups excluding carboxylic acids is 1. The maximum Gasteiger partial charge on any atom is 0.241 e. The molecule has 1 aromatic carbocycles. The number of thioether (sulfide) groups is 1. The number of likely N-dealkylation sites (tertiary alicyclic amines) is 1. The van der Waals surface area contributed by atoms with Crippen molar-refractivity contribution in [3.05, 3.63) is 59.9 Å². The molecule has 4 rings (SSSR count). The van der Waals surface area contributed by atoms with Crippen LogP contribution in [0.15, 0.2) is 51.6 Å². The highest BCUT2D eigenvalue weighted by molar-refractivity contribution is 7.98. The van der Waals surface area contributed by atoms with Crippen LogP contribution in [0.5, 0.6) is 0 Å². The molecule has 1 saturated heterocycles. The molecule has 188 valence electrons. The van der Waals surface area contributed by atoms with Crippen molar-refractivity contribution in [2.24, 2.45) is 5.92 Å². The second kappa shape index (κ2) is 11.9. The first-order valence-corrected chi connectivity index (χ1v) is 13.6. The Hall–Kier alpha value is -2.58. The molecule has 0 bridgehead atoms. The Morgan fingerprint density at radius 2 is 1.94 bits per heavy atom. The van der Waals surface area contributed by atoms with Gasteiger partial charge < -0.3 is 14.3 Å². The van der Waals surface area contributed by atoms with Gasteiger partial charge in [0.15, 0.2) is 0 Å². The first-order chi connectivity index (χ1) is 16.9. The summed E-state index contributed by atoms with van der Waals surface area (Å²) in [7, 11) is 0. The fourth-order valence-corrected chi connectivity index (χ4v) is 5.06. The van der Waals surface area contributed by atoms with Crippen molar-refractivity contribution in [2.75, 3.05) is 25.4 Å². The smallest absolute Gasteiger partial charge is 0.241 e. The van der Waals surface area contributed by atoms with Gasteiger partial charge in [-0.1, -0.05) is 50.2 Å². The van der Waals surface area contributed by atoms with Crippen molar-refractivity contribution < 1.29 is 13.7 Å². The van der Waals surface area contributed by atoms with Crippen LogP contribution in [-0.4, -0.2) is 46.3 Å². The summed E-state index contributed by atoms with van der Waals surface area (Å²) in [4.78, 5) is 19.4. The van der Waals surface area contributed by atoms with Gasteiger partial charge >= 0.3 is 0 Å². The monoisotopic (exact) mass is 496 g/mol. The first kappa shape index (κ1) is 25.5. The van der Waals surface area contributed by atoms with Crippen molar-refractivity contribution in [3.8, 4) is 11.4 Å². The van der Waals surface area contributed by atoms with E-state index in [2.05, 4.69) is 65.4 Å². The van der Waals surface area contributed by atoms with E-state index in [4.69, 9.17) is 8.94 Å². The standard InChI is InChI=1S/C27H36N4O3S/c1-27(2,3)22-9-7-20(8-10-22)25-29-24(34-30-25)18-31-14-11-21(12-15-31)26(32)28-13-5-17-35-19-23-6-4-16-33-23/h4,6-10,16,21H,5,11-15,17-19H2,1-3H3,(H,28,32). The number of hydrogen-bond acceptors (Lipinski definition) is 7. The highest BCUT2D eigenvalue weighted by Gasteiger charge is 2.26. The Bertz CT molecular complexity index is 1050. The summed E-state index contributed by atoms with van der Waals surface area (Å²) < 4.78 is 10.8. The number of piperidine rings is 1. The Balaban J connectivity index is 1.14. The average Bonchev–Trinajstić information content (AvgIpc) is 3.54. The summed E-state index contributed by atoms with van der Waals surface area (Å²) >= 11 is 1.83. The molecule has 2 aromatic heterocycles. The fourth-order valence-electron chi connectivity index (χ4n) is 4.20. The Kier molecular flexibility index (Phi) is 8.68. The lowest BCUT2D eigenvalue weighted by molar-refractivity contribution is -0.126. The van der Waals surface area contributed by atoms with Gasteiger partial charge in [-0.2, -0.15) is 16.7 Å². The predicted octanol–water partition coefficient (Wildman–Crippen LogP) is 5.28. The molecular weight excluding hydrogens is 460 g/mol. The molecule has 1 amide bonds. The third kappa shape index (κ3) is 7.45. The minimum atomic E-state index is 0.0848. The third-order valence-corrected chi connectivity index (χ3v) is 7.45. The molecule has 7 nitrogen and oxygen atoms in total. The van der Waals surface area contributed by atoms with Crippen LogP contribution >= 0.6 is 11.8 Å². The maximum absolute atomic E-state index is 12.5. The van der Waals surface area contributed by atoms with Gasteiger partial charge in [-0.25, -0.2) is 0 Å². The lowest BCUT2D eigenvalue weighted by Crippen LogP contribution is -2.40. The van der Waals surface area contributed by atoms with Crippen LogP contribution in [0.1, 0.15) is 57.2 Å². The van der Waals surface area contributed by atoms with Crippen LogP contribution in [-0.2, 0) is 22.5 Å². The number of nitrogens with one attached hydrogen (secondary N) is 1. The van der Waals surface area contributed by atoms with Crippen LogP contribution in [0.25, 0.3) is 11.4 Å². The summed E-state index contributed by atoms with van der Waals surface area (Å²) in [6.45, 7) is 9.66. The SMILES string of the molecule is CC(C)(C)c1ccc(-c2noc(CN3CCC(C(=O)NCCCSCc4ccco4)CC3)n2)cc1. The summed E-state index contributed by atoms with van der Waals surface area (Å²) in [5.74, 6) is 4.39. The van der Waals surface area contributed by atoms with E-state index >= 15 is 0 Å². The second-order valence-corrected chi connectivity index (χ2v) is 11.3. The highest BCUT2D eigenvalue weighted by Crippen LogP contribution is 2.25. The van der Waals surface area contributed by atoms with Crippen LogP contribution in [0.2, 0.25) is 0 Å². The van der Waals surface area contributed by atoms with Crippen LogP contribution < -0.4 is 5.32 Å². The van der Waals surface area contributed by atoms with Crippen LogP contribution in [0.3, 0.4) is 0 Å². The molecular formula is C27H36N4O3S. The molecule has 0 saturated carbocycles. The van der Waals surface area contributed by atoms with Crippen molar-refractivity contribution >= 4 is 17.7 Å². The lowest BCUT2D eigenvalue weighted by atomic mass is 9.87. The normalized spacial score (nSPS) is 15.4. The van der Waals surface area contributed by atoms with E-state index < -0.39 is 0 Å². The molecule has 35 heavy (non-hydrogen) atoms. The van der Waals surface area contributed by atoms with E-state index in [9.17, 15) is 4.79 Å². The van der Waals surface area contributed by atoms with Gasteiger partial charge in [0, 0.05) is 18.0 Å². The van der Waals surface area contributed by atoms with Crippen molar-refractivity contribution in [2.45, 2.75) is 57.7 Å². The largest absolute Gasteiger partial charge is 0.468 e. The summed E-state index contributed by atoms with van der Waals surface area (Å²) in [5, 5.41) is 7.28. The molecule has 0 spiro atoms. The zero-order chi connectivity index (χ0) is 24.7. The number of amides is 1. The van der Waals surface area contributed by atoms with E-state index in [-0.39, 0.29) is 17.2 Å². The number of furan rings is 1. The molecule has 1 N–H and O–H groups in total. The Morgan fingerprint density at radius 3 is 2.63 bits per heavy atom. The van der Waals surface area contributed by atoms with Gasteiger partial charge in [0.1, 0.15) is 5.76 Å². The number of benzene rings is 1. The van der Waals surface area contributed by atoms with Crippen LogP contribution in [0, 0.1) is 5.92 Å². The fraction of sp³-hybridized carbons (Fsp3) is 0.519. The minimum Gasteiger partial charge on any atom is -0.468 e. The molecule has 1 aliphatic rings. The van der Waals surface area contributed by atoms with Crippen molar-refractivity contribution in [3.63, 3.8) is 0 Å². The summed E-state index contributed by atoms with van der Waals surface area (Å²) in [6, 6.07) is 12.3. The Labute approximate surface area is 212 Å². The zero-order valence-electron chi connectivity index (χ0n) is 21.0. The van der Waals surface area contributed by atoms with Gasteiger partial charge in [-0.15, -0.1) is 0 Å². The first-order valence-electron chi connectivity index (χ1n) is 12.4. The van der Waals surface area contributed by atoms with E-state index in [0.29, 0.717) is 18.3 Å². The quantitative estimate of drug-likeness (QED) is 0.382. The van der Waals surface area contributed by atoms with E-state index in [1.165, 1.54) is 5.56 Å². The van der Waals surface area contributed by atoms with Crippen LogP contribution in [0.4, 0.5) is 0 Å². The highest BCUT2D eigenvalue weighted by atomic mass is 32.2. The van der Waals surface area contributed by atoms with Gasteiger partial charge in [0.2, 0.25) is 17.6 Å². The predicted molar refractivity (Wildman–Crippen MR) is 139 cm³/mol. The van der Waals surface area contributed by atoms with Gasteiger partial charge in [0.05, 0.1) is 18.6 Å². The number of hydrogen-bond donors (Lipinski definition) is 1. The molecule has 0 radical (unpaired) electrons. The Morgan fingerprint density at radius 1 is 1.17 bits per heavy atom. The van der Waals surface area contributed by atoms with Gasteiger partial charge in [-0.3, -0.25) is 9.69 Å². The summed E-state index contributed by atoms with van der Waals surface area (Å²) in [6.07, 6.45) is 4.38. The minimum absolute atomic E-state index is 0.0848. The summed E-state index contributed by atoms with van der Waals surface area (Å²) in [5.41, 5.74) is 2.35. The van der Waals surface area contributed by atoms with E-state index in [1.54, 1.807) is 6.26 Å². The second-order valence-electron chi connectivity index (χ2n) is 10.2. The molecule has 3 aromatic rings.